The Morgan fingerprint density at radius 2 is 1.60 bits per heavy atom. The molecule has 5 aromatic rings. The highest BCUT2D eigenvalue weighted by Crippen LogP contribution is 2.33. The van der Waals surface area contributed by atoms with Crippen molar-refractivity contribution < 1.29 is 4.42 Å². The van der Waals surface area contributed by atoms with E-state index in [1.54, 1.807) is 0 Å². The summed E-state index contributed by atoms with van der Waals surface area (Å²) in [7, 11) is 0. The topological polar surface area (TPSA) is 38.1 Å². The fourth-order valence-corrected chi connectivity index (χ4v) is 3.28. The minimum Gasteiger partial charge on any atom is -0.454 e. The molecule has 0 saturated heterocycles. The average molecular weight is 324 g/mol. The van der Waals surface area contributed by atoms with E-state index in [0.717, 1.165) is 44.2 Å². The largest absolute Gasteiger partial charge is 0.454 e. The lowest BCUT2D eigenvalue weighted by molar-refractivity contribution is 0.669. The van der Waals surface area contributed by atoms with Crippen molar-refractivity contribution in [3.05, 3.63) is 84.6 Å². The van der Waals surface area contributed by atoms with Gasteiger partial charge in [0.1, 0.15) is 5.58 Å². The molecule has 0 radical (unpaired) electrons. The third-order valence-corrected chi connectivity index (χ3v) is 4.52. The first kappa shape index (κ1) is 14.1. The van der Waals surface area contributed by atoms with Crippen LogP contribution in [0.3, 0.4) is 0 Å². The molecule has 0 spiro atoms. The maximum atomic E-state index is 6.06. The van der Waals surface area contributed by atoms with Crippen molar-refractivity contribution in [2.45, 2.75) is 6.54 Å². The molecule has 0 aliphatic heterocycles. The zero-order valence-electron chi connectivity index (χ0n) is 13.6. The van der Waals surface area contributed by atoms with Crippen molar-refractivity contribution in [2.75, 3.05) is 5.32 Å². The summed E-state index contributed by atoms with van der Waals surface area (Å²) in [6.45, 7) is 0.654. The minimum atomic E-state index is 0.654. The number of nitrogens with zero attached hydrogens (tertiary/aromatic N) is 1. The van der Waals surface area contributed by atoms with Gasteiger partial charge in [0.05, 0.1) is 23.4 Å². The summed E-state index contributed by atoms with van der Waals surface area (Å²) in [5, 5.41) is 6.91. The van der Waals surface area contributed by atoms with E-state index in [1.807, 2.05) is 42.5 Å². The summed E-state index contributed by atoms with van der Waals surface area (Å²) in [5.74, 6) is 0. The number of aromatic nitrogens is 1. The Morgan fingerprint density at radius 3 is 2.60 bits per heavy atom. The average Bonchev–Trinajstić information content (AvgIpc) is 3.05. The van der Waals surface area contributed by atoms with Gasteiger partial charge in [0.2, 0.25) is 0 Å². The fraction of sp³-hybridized carbons (Fsp3) is 0.0455. The van der Waals surface area contributed by atoms with Gasteiger partial charge in [-0.2, -0.15) is 0 Å². The van der Waals surface area contributed by atoms with Gasteiger partial charge in [-0.1, -0.05) is 54.6 Å². The van der Waals surface area contributed by atoms with Gasteiger partial charge in [-0.15, -0.1) is 0 Å². The van der Waals surface area contributed by atoms with Gasteiger partial charge in [-0.3, -0.25) is 4.98 Å². The Labute approximate surface area is 144 Å². The molecule has 1 N–H and O–H groups in total. The number of furan rings is 1. The smallest absolute Gasteiger partial charge is 0.158 e. The van der Waals surface area contributed by atoms with Gasteiger partial charge >= 0.3 is 0 Å². The third-order valence-electron chi connectivity index (χ3n) is 4.52. The Balaban J connectivity index is 1.50. The van der Waals surface area contributed by atoms with E-state index in [0.29, 0.717) is 6.54 Å². The van der Waals surface area contributed by atoms with Crippen LogP contribution in [0, 0.1) is 0 Å². The van der Waals surface area contributed by atoms with E-state index in [9.17, 15) is 0 Å². The number of hydrogen-bond donors (Lipinski definition) is 1. The van der Waals surface area contributed by atoms with E-state index < -0.39 is 0 Å². The SMILES string of the molecule is c1ccc2nc(CNc3cccc4c3oc3ccccc34)ccc2c1. The number of rotatable bonds is 3. The van der Waals surface area contributed by atoms with Crippen molar-refractivity contribution >= 4 is 38.5 Å². The summed E-state index contributed by atoms with van der Waals surface area (Å²) >= 11 is 0. The minimum absolute atomic E-state index is 0.654. The zero-order valence-corrected chi connectivity index (χ0v) is 13.6. The molecule has 0 fully saturated rings. The zero-order chi connectivity index (χ0) is 16.6. The van der Waals surface area contributed by atoms with Crippen LogP contribution in [0.5, 0.6) is 0 Å². The van der Waals surface area contributed by atoms with Crippen molar-refractivity contribution in [2.24, 2.45) is 0 Å². The summed E-state index contributed by atoms with van der Waals surface area (Å²) in [5.41, 5.74) is 4.82. The first-order valence-electron chi connectivity index (χ1n) is 8.37. The van der Waals surface area contributed by atoms with Crippen LogP contribution in [0.4, 0.5) is 5.69 Å². The number of pyridine rings is 1. The normalized spacial score (nSPS) is 11.4. The lowest BCUT2D eigenvalue weighted by Crippen LogP contribution is -2.01. The molecule has 2 aromatic heterocycles. The number of hydrogen-bond acceptors (Lipinski definition) is 3. The lowest BCUT2D eigenvalue weighted by Gasteiger charge is -2.07. The summed E-state index contributed by atoms with van der Waals surface area (Å²) in [6.07, 6.45) is 0. The number of benzene rings is 3. The second-order valence-corrected chi connectivity index (χ2v) is 6.13. The molecule has 120 valence electrons. The molecule has 0 saturated carbocycles. The van der Waals surface area contributed by atoms with Crippen LogP contribution in [0.2, 0.25) is 0 Å². The van der Waals surface area contributed by atoms with Gasteiger partial charge in [0, 0.05) is 16.2 Å². The monoisotopic (exact) mass is 324 g/mol. The Bertz CT molecular complexity index is 1210. The molecule has 0 aliphatic rings. The second-order valence-electron chi connectivity index (χ2n) is 6.13. The van der Waals surface area contributed by atoms with E-state index in [4.69, 9.17) is 9.40 Å². The van der Waals surface area contributed by atoms with Gasteiger partial charge in [0.25, 0.3) is 0 Å². The van der Waals surface area contributed by atoms with Crippen LogP contribution in [-0.2, 0) is 6.54 Å². The lowest BCUT2D eigenvalue weighted by atomic mass is 10.1. The molecular weight excluding hydrogens is 308 g/mol. The molecule has 2 heterocycles. The fourth-order valence-electron chi connectivity index (χ4n) is 3.28. The summed E-state index contributed by atoms with van der Waals surface area (Å²) in [4.78, 5) is 4.72. The molecule has 0 atom stereocenters. The maximum absolute atomic E-state index is 6.06. The number of nitrogens with one attached hydrogen (secondary N) is 1. The van der Waals surface area contributed by atoms with Crippen molar-refractivity contribution in [1.29, 1.82) is 0 Å². The van der Waals surface area contributed by atoms with Gasteiger partial charge in [-0.25, -0.2) is 0 Å². The molecule has 0 aliphatic carbocycles. The van der Waals surface area contributed by atoms with E-state index in [2.05, 4.69) is 41.7 Å². The summed E-state index contributed by atoms with van der Waals surface area (Å²) in [6, 6.07) is 26.7. The first-order chi connectivity index (χ1) is 12.4. The van der Waals surface area contributed by atoms with Crippen LogP contribution in [0.25, 0.3) is 32.8 Å². The summed E-state index contributed by atoms with van der Waals surface area (Å²) < 4.78 is 6.06. The Morgan fingerprint density at radius 1 is 0.760 bits per heavy atom. The molecule has 5 rings (SSSR count). The highest BCUT2D eigenvalue weighted by atomic mass is 16.3. The maximum Gasteiger partial charge on any atom is 0.158 e. The number of anilines is 1. The van der Waals surface area contributed by atoms with Gasteiger partial charge < -0.3 is 9.73 Å². The van der Waals surface area contributed by atoms with E-state index >= 15 is 0 Å². The Hall–Kier alpha value is -3.33. The van der Waals surface area contributed by atoms with Crippen LogP contribution in [0.15, 0.2) is 83.3 Å². The van der Waals surface area contributed by atoms with Gasteiger partial charge in [-0.05, 0) is 24.3 Å². The number of para-hydroxylation sites is 3. The Kier molecular flexibility index (Phi) is 3.17. The third kappa shape index (κ3) is 2.41. The molecule has 0 bridgehead atoms. The van der Waals surface area contributed by atoms with Gasteiger partial charge in [0.15, 0.2) is 5.58 Å². The predicted molar refractivity (Wildman–Crippen MR) is 103 cm³/mol. The first-order valence-corrected chi connectivity index (χ1v) is 8.37. The predicted octanol–water partition coefficient (Wildman–Crippen LogP) is 5.75. The van der Waals surface area contributed by atoms with Crippen molar-refractivity contribution in [1.82, 2.24) is 4.98 Å². The molecule has 25 heavy (non-hydrogen) atoms. The molecular formula is C22H16N2O. The number of fused-ring (bicyclic) bond motifs is 4. The van der Waals surface area contributed by atoms with Crippen LogP contribution >= 0.6 is 0 Å². The van der Waals surface area contributed by atoms with Crippen LogP contribution in [0.1, 0.15) is 5.69 Å². The van der Waals surface area contributed by atoms with Crippen molar-refractivity contribution in [3.8, 4) is 0 Å². The standard InChI is InChI=1S/C22H16N2O/c1-3-9-19-15(6-1)12-13-16(24-19)14-23-20-10-5-8-18-17-7-2-4-11-21(17)25-22(18)20/h1-13,23H,14H2. The highest BCUT2D eigenvalue weighted by molar-refractivity contribution is 6.08. The highest BCUT2D eigenvalue weighted by Gasteiger charge is 2.10. The van der Waals surface area contributed by atoms with Crippen LogP contribution in [-0.4, -0.2) is 4.98 Å². The molecule has 0 amide bonds. The molecule has 3 aromatic carbocycles. The second kappa shape index (κ2) is 5.64. The van der Waals surface area contributed by atoms with Crippen LogP contribution < -0.4 is 5.32 Å². The van der Waals surface area contributed by atoms with E-state index in [1.165, 1.54) is 0 Å². The van der Waals surface area contributed by atoms with Crippen molar-refractivity contribution in [3.63, 3.8) is 0 Å². The quantitative estimate of drug-likeness (QED) is 0.459. The molecule has 0 unspecified atom stereocenters. The molecule has 3 nitrogen and oxygen atoms in total. The molecule has 3 heteroatoms. The van der Waals surface area contributed by atoms with E-state index in [-0.39, 0.29) is 0 Å².